The van der Waals surface area contributed by atoms with Crippen LogP contribution in [0.25, 0.3) is 16.6 Å². The van der Waals surface area contributed by atoms with Crippen molar-refractivity contribution in [3.05, 3.63) is 64.5 Å². The van der Waals surface area contributed by atoms with Crippen molar-refractivity contribution in [3.63, 3.8) is 0 Å². The van der Waals surface area contributed by atoms with Gasteiger partial charge < -0.3 is 9.64 Å². The Balaban J connectivity index is 1.48. The Labute approximate surface area is 169 Å². The smallest absolute Gasteiger partial charge is 0.266 e. The monoisotopic (exact) mass is 395 g/mol. The molecule has 5 nitrogen and oxygen atoms in total. The Morgan fingerprint density at radius 2 is 1.90 bits per heavy atom. The van der Waals surface area contributed by atoms with Crippen molar-refractivity contribution in [2.24, 2.45) is 0 Å². The van der Waals surface area contributed by atoms with Crippen LogP contribution >= 0.6 is 0 Å². The summed E-state index contributed by atoms with van der Waals surface area (Å²) in [5.41, 5.74) is 0.522. The molecule has 1 fully saturated rings. The maximum atomic E-state index is 14.8. The van der Waals surface area contributed by atoms with Crippen molar-refractivity contribution < 1.29 is 9.13 Å². The molecule has 1 saturated heterocycles. The first-order valence-corrected chi connectivity index (χ1v) is 10.3. The van der Waals surface area contributed by atoms with Gasteiger partial charge in [-0.2, -0.15) is 0 Å². The third-order valence-corrected chi connectivity index (χ3v) is 5.44. The third-order valence-electron chi connectivity index (χ3n) is 5.44. The molecule has 3 aromatic rings. The zero-order valence-corrected chi connectivity index (χ0v) is 16.7. The minimum absolute atomic E-state index is 0.186. The number of para-hydroxylation sites is 1. The summed E-state index contributed by atoms with van der Waals surface area (Å²) in [6, 6.07) is 11.7. The molecule has 4 rings (SSSR count). The number of rotatable bonds is 6. The zero-order valence-electron chi connectivity index (χ0n) is 16.7. The molecule has 0 amide bonds. The predicted octanol–water partition coefficient (Wildman–Crippen LogP) is 4.09. The van der Waals surface area contributed by atoms with Crippen molar-refractivity contribution in [1.29, 1.82) is 0 Å². The van der Waals surface area contributed by atoms with Crippen molar-refractivity contribution in [2.45, 2.75) is 32.6 Å². The fraction of sp³-hybridized carbons (Fsp3) is 0.391. The highest BCUT2D eigenvalue weighted by Crippen LogP contribution is 2.21. The number of piperidine rings is 1. The summed E-state index contributed by atoms with van der Waals surface area (Å²) in [4.78, 5) is 19.8. The number of halogens is 1. The molecule has 0 bridgehead atoms. The van der Waals surface area contributed by atoms with E-state index in [1.807, 2.05) is 6.07 Å². The first-order valence-electron chi connectivity index (χ1n) is 10.3. The highest BCUT2D eigenvalue weighted by atomic mass is 19.1. The van der Waals surface area contributed by atoms with E-state index in [-0.39, 0.29) is 11.2 Å². The quantitative estimate of drug-likeness (QED) is 0.590. The van der Waals surface area contributed by atoms with E-state index in [0.717, 1.165) is 26.1 Å². The lowest BCUT2D eigenvalue weighted by molar-refractivity contribution is 0.205. The number of aryl methyl sites for hydroxylation is 1. The molecule has 0 saturated carbocycles. The molecule has 0 spiro atoms. The maximum absolute atomic E-state index is 14.8. The number of hydrogen-bond acceptors (Lipinski definition) is 4. The molecule has 0 radical (unpaired) electrons. The minimum Gasteiger partial charge on any atom is -0.493 e. The third kappa shape index (κ3) is 4.32. The van der Waals surface area contributed by atoms with E-state index in [4.69, 9.17) is 4.74 Å². The van der Waals surface area contributed by atoms with Crippen molar-refractivity contribution >= 4 is 10.9 Å². The summed E-state index contributed by atoms with van der Waals surface area (Å²) in [6.45, 7) is 5.59. The van der Waals surface area contributed by atoms with Gasteiger partial charge in [-0.25, -0.2) is 9.37 Å². The molecule has 1 aliphatic rings. The van der Waals surface area contributed by atoms with E-state index in [1.165, 1.54) is 29.9 Å². The van der Waals surface area contributed by atoms with E-state index in [2.05, 4.69) is 9.88 Å². The number of fused-ring (bicyclic) bond motifs is 1. The largest absolute Gasteiger partial charge is 0.493 e. The van der Waals surface area contributed by atoms with Crippen LogP contribution in [0.3, 0.4) is 0 Å². The molecule has 6 heteroatoms. The molecule has 2 aromatic carbocycles. The second-order valence-corrected chi connectivity index (χ2v) is 7.53. The summed E-state index contributed by atoms with van der Waals surface area (Å²) in [7, 11) is 0. The number of ether oxygens (including phenoxy) is 1. The second-order valence-electron chi connectivity index (χ2n) is 7.53. The zero-order chi connectivity index (χ0) is 20.2. The summed E-state index contributed by atoms with van der Waals surface area (Å²) in [6.07, 6.45) is 4.79. The van der Waals surface area contributed by atoms with Gasteiger partial charge in [0.05, 0.1) is 23.2 Å². The number of aromatic nitrogens is 2. The normalized spacial score (nSPS) is 15.0. The Bertz CT molecular complexity index is 1060. The Morgan fingerprint density at radius 3 is 2.69 bits per heavy atom. The summed E-state index contributed by atoms with van der Waals surface area (Å²) in [5, 5.41) is 0.468. The lowest BCUT2D eigenvalue weighted by Crippen LogP contribution is -2.31. The Morgan fingerprint density at radius 1 is 1.10 bits per heavy atom. The van der Waals surface area contributed by atoms with Gasteiger partial charge in [-0.15, -0.1) is 0 Å². The van der Waals surface area contributed by atoms with Crippen LogP contribution in [0.2, 0.25) is 0 Å². The molecule has 1 aromatic heterocycles. The molecule has 0 N–H and O–H groups in total. The van der Waals surface area contributed by atoms with E-state index in [0.29, 0.717) is 29.1 Å². The molecule has 0 aliphatic carbocycles. The van der Waals surface area contributed by atoms with Crippen LogP contribution in [0.15, 0.2) is 47.3 Å². The van der Waals surface area contributed by atoms with E-state index in [1.54, 1.807) is 37.3 Å². The van der Waals surface area contributed by atoms with Crippen LogP contribution in [-0.2, 0) is 0 Å². The van der Waals surface area contributed by atoms with Crippen molar-refractivity contribution in [2.75, 3.05) is 26.2 Å². The maximum Gasteiger partial charge on any atom is 0.266 e. The number of likely N-dealkylation sites (tertiary alicyclic amines) is 1. The molecular weight excluding hydrogens is 369 g/mol. The molecular formula is C23H26FN3O2. The lowest BCUT2D eigenvalue weighted by atomic mass is 10.1. The lowest BCUT2D eigenvalue weighted by Gasteiger charge is -2.26. The fourth-order valence-corrected chi connectivity index (χ4v) is 3.95. The van der Waals surface area contributed by atoms with Gasteiger partial charge in [0.2, 0.25) is 0 Å². The van der Waals surface area contributed by atoms with Crippen LogP contribution in [0.5, 0.6) is 5.75 Å². The topological polar surface area (TPSA) is 47.4 Å². The van der Waals surface area contributed by atoms with Crippen molar-refractivity contribution in [1.82, 2.24) is 14.5 Å². The first kappa shape index (κ1) is 19.6. The van der Waals surface area contributed by atoms with Crippen LogP contribution in [0.1, 0.15) is 31.5 Å². The van der Waals surface area contributed by atoms with E-state index < -0.39 is 5.82 Å². The van der Waals surface area contributed by atoms with Gasteiger partial charge in [0.15, 0.2) is 5.82 Å². The molecule has 0 atom stereocenters. The fourth-order valence-electron chi connectivity index (χ4n) is 3.95. The minimum atomic E-state index is -0.499. The molecule has 0 unspecified atom stereocenters. The average molecular weight is 395 g/mol. The Kier molecular flexibility index (Phi) is 5.90. The average Bonchev–Trinajstić information content (AvgIpc) is 2.73. The van der Waals surface area contributed by atoms with E-state index in [9.17, 15) is 9.18 Å². The molecule has 2 heterocycles. The van der Waals surface area contributed by atoms with Gasteiger partial charge in [0, 0.05) is 12.6 Å². The highest BCUT2D eigenvalue weighted by Gasteiger charge is 2.14. The first-order chi connectivity index (χ1) is 14.1. The summed E-state index contributed by atoms with van der Waals surface area (Å²) in [5.74, 6) is 0.424. The van der Waals surface area contributed by atoms with Gasteiger partial charge in [-0.3, -0.25) is 9.36 Å². The van der Waals surface area contributed by atoms with Crippen LogP contribution in [-0.4, -0.2) is 40.7 Å². The predicted molar refractivity (Wildman–Crippen MR) is 112 cm³/mol. The van der Waals surface area contributed by atoms with Gasteiger partial charge in [0.1, 0.15) is 11.6 Å². The van der Waals surface area contributed by atoms with Gasteiger partial charge in [-0.05, 0) is 63.5 Å². The highest BCUT2D eigenvalue weighted by molar-refractivity contribution is 5.77. The molecule has 152 valence electrons. The van der Waals surface area contributed by atoms with E-state index >= 15 is 0 Å². The molecule has 1 aliphatic heterocycles. The van der Waals surface area contributed by atoms with Gasteiger partial charge in [-0.1, -0.05) is 18.6 Å². The van der Waals surface area contributed by atoms with Crippen molar-refractivity contribution in [3.8, 4) is 11.4 Å². The van der Waals surface area contributed by atoms with Crippen LogP contribution in [0, 0.1) is 12.7 Å². The van der Waals surface area contributed by atoms with Gasteiger partial charge >= 0.3 is 0 Å². The number of nitrogens with zero attached hydrogens (tertiary/aromatic N) is 3. The Hall–Kier alpha value is -2.73. The summed E-state index contributed by atoms with van der Waals surface area (Å²) >= 11 is 0. The number of benzene rings is 2. The van der Waals surface area contributed by atoms with Crippen LogP contribution in [0.4, 0.5) is 4.39 Å². The number of hydrogen-bond donors (Lipinski definition) is 0. The second kappa shape index (κ2) is 8.74. The van der Waals surface area contributed by atoms with Crippen LogP contribution < -0.4 is 10.3 Å². The summed E-state index contributed by atoms with van der Waals surface area (Å²) < 4.78 is 21.9. The van der Waals surface area contributed by atoms with Gasteiger partial charge in [0.25, 0.3) is 5.56 Å². The standard InChI is InChI=1S/C23H26FN3O2/c1-17-25-21-9-4-3-8-19(21)23(28)27(17)22-11-10-18(16-20(22)24)29-15-7-14-26-12-5-2-6-13-26/h3-4,8-11,16H,2,5-7,12-15H2,1H3. The SMILES string of the molecule is Cc1nc2ccccc2c(=O)n1-c1ccc(OCCCN2CCCCC2)cc1F. The molecule has 29 heavy (non-hydrogen) atoms.